The van der Waals surface area contributed by atoms with Crippen LogP contribution >= 0.6 is 0 Å². The Morgan fingerprint density at radius 1 is 1.23 bits per heavy atom. The highest BCUT2D eigenvalue weighted by molar-refractivity contribution is 6.68. The van der Waals surface area contributed by atoms with E-state index in [1.807, 2.05) is 20.8 Å². The van der Waals surface area contributed by atoms with Gasteiger partial charge in [-0.2, -0.15) is 0 Å². The predicted molar refractivity (Wildman–Crippen MR) is 93.4 cm³/mol. The van der Waals surface area contributed by atoms with Gasteiger partial charge in [0.05, 0.1) is 0 Å². The van der Waals surface area contributed by atoms with Crippen LogP contribution in [0.3, 0.4) is 0 Å². The van der Waals surface area contributed by atoms with Gasteiger partial charge in [-0.3, -0.25) is 0 Å². The second-order valence-electron chi connectivity index (χ2n) is 9.43. The molecule has 2 aliphatic rings. The summed E-state index contributed by atoms with van der Waals surface area (Å²) >= 11 is 0. The van der Waals surface area contributed by atoms with Gasteiger partial charge in [0.2, 0.25) is 0 Å². The zero-order valence-electron chi connectivity index (χ0n) is 15.4. The molecular weight excluding hydrogens is 273 g/mol. The molecule has 1 atom stereocenters. The van der Waals surface area contributed by atoms with E-state index in [0.29, 0.717) is 17.5 Å². The summed E-state index contributed by atoms with van der Waals surface area (Å²) < 4.78 is 5.35. The molecule has 1 N–H and O–H groups in total. The van der Waals surface area contributed by atoms with Crippen molar-refractivity contribution in [2.45, 2.75) is 85.6 Å². The zero-order valence-corrected chi connectivity index (χ0v) is 15.4. The Morgan fingerprint density at radius 2 is 1.77 bits per heavy atom. The van der Waals surface area contributed by atoms with E-state index < -0.39 is 5.60 Å². The van der Waals surface area contributed by atoms with Gasteiger partial charge in [0, 0.05) is 6.04 Å². The second kappa shape index (κ2) is 5.61. The predicted octanol–water partition coefficient (Wildman–Crippen LogP) is 4.70. The lowest BCUT2D eigenvalue weighted by molar-refractivity contribution is 0.0507. The molecule has 0 aromatic rings. The van der Waals surface area contributed by atoms with E-state index in [2.05, 4.69) is 39.1 Å². The van der Waals surface area contributed by atoms with Crippen LogP contribution in [0.25, 0.3) is 0 Å². The molecule has 1 heterocycles. The van der Waals surface area contributed by atoms with Crippen LogP contribution in [0.15, 0.2) is 11.5 Å². The highest BCUT2D eigenvalue weighted by Crippen LogP contribution is 2.54. The summed E-state index contributed by atoms with van der Waals surface area (Å²) in [5.41, 5.74) is 1.88. The largest absolute Gasteiger partial charge is 0.444 e. The van der Waals surface area contributed by atoms with Crippen LogP contribution in [0.2, 0.25) is 12.6 Å². The van der Waals surface area contributed by atoms with Gasteiger partial charge in [-0.1, -0.05) is 46.4 Å². The Morgan fingerprint density at radius 3 is 2.27 bits per heavy atom. The lowest BCUT2D eigenvalue weighted by atomic mass is 9.41. The summed E-state index contributed by atoms with van der Waals surface area (Å²) in [6.07, 6.45) is 6.49. The first-order valence-corrected chi connectivity index (χ1v) is 8.58. The molecule has 3 nitrogen and oxygen atoms in total. The van der Waals surface area contributed by atoms with Crippen molar-refractivity contribution in [2.75, 3.05) is 0 Å². The Bertz CT molecular complexity index is 458. The van der Waals surface area contributed by atoms with Crippen LogP contribution in [0.1, 0.15) is 61.3 Å². The number of ether oxygens (including phenoxy) is 1. The molecule has 0 aromatic carbocycles. The van der Waals surface area contributed by atoms with Gasteiger partial charge in [0.15, 0.2) is 6.71 Å². The fraction of sp³-hybridized carbons (Fsp3) is 0.833. The second-order valence-corrected chi connectivity index (χ2v) is 9.43. The van der Waals surface area contributed by atoms with Gasteiger partial charge in [-0.15, -0.1) is 5.47 Å². The normalized spacial score (nSPS) is 26.8. The molecule has 22 heavy (non-hydrogen) atoms. The molecule has 0 aromatic heterocycles. The molecule has 1 fully saturated rings. The standard InChI is InChI=1S/C18H32BNO2/c1-16(2,3)22-15(21)20-14-9-8-13(10-14)19-11-17(4,5)18(6,7)12-19/h8,14H,9-12H2,1-7H3,(H,20,21). The van der Waals surface area contributed by atoms with E-state index in [1.165, 1.54) is 12.6 Å². The molecule has 1 unspecified atom stereocenters. The zero-order chi connectivity index (χ0) is 16.8. The molecule has 2 rings (SSSR count). The van der Waals surface area contributed by atoms with Crippen molar-refractivity contribution in [3.63, 3.8) is 0 Å². The molecule has 4 heteroatoms. The molecule has 1 amide bonds. The maximum absolute atomic E-state index is 11.9. The molecule has 0 spiro atoms. The number of rotatable bonds is 2. The molecule has 0 radical (unpaired) electrons. The van der Waals surface area contributed by atoms with Crippen molar-refractivity contribution in [3.05, 3.63) is 11.5 Å². The van der Waals surface area contributed by atoms with Crippen LogP contribution in [0.4, 0.5) is 4.79 Å². The summed E-state index contributed by atoms with van der Waals surface area (Å²) in [4.78, 5) is 11.9. The smallest absolute Gasteiger partial charge is 0.407 e. The molecule has 0 saturated carbocycles. The number of carbonyl (C=O) groups is 1. The average Bonchev–Trinajstić information content (AvgIpc) is 2.79. The lowest BCUT2D eigenvalue weighted by Crippen LogP contribution is -2.38. The fourth-order valence-electron chi connectivity index (χ4n) is 3.78. The summed E-state index contributed by atoms with van der Waals surface area (Å²) in [5.74, 6) is 0. The van der Waals surface area contributed by atoms with Crippen molar-refractivity contribution in [1.82, 2.24) is 5.32 Å². The highest BCUT2D eigenvalue weighted by Gasteiger charge is 2.49. The molecular formula is C18H32BNO2. The third-order valence-electron chi connectivity index (χ3n) is 5.74. The Labute approximate surface area is 136 Å². The fourth-order valence-corrected chi connectivity index (χ4v) is 3.78. The van der Waals surface area contributed by atoms with Gasteiger partial charge >= 0.3 is 6.09 Å². The Balaban J connectivity index is 1.87. The third kappa shape index (κ3) is 3.88. The number of alkyl carbamates (subject to hydrolysis) is 1. The van der Waals surface area contributed by atoms with Crippen LogP contribution in [0.5, 0.6) is 0 Å². The molecule has 1 aliphatic heterocycles. The number of carbonyl (C=O) groups excluding carboxylic acids is 1. The van der Waals surface area contributed by atoms with Crippen molar-refractivity contribution in [1.29, 1.82) is 0 Å². The number of hydrogen-bond donors (Lipinski definition) is 1. The van der Waals surface area contributed by atoms with Crippen molar-refractivity contribution < 1.29 is 9.53 Å². The monoisotopic (exact) mass is 305 g/mol. The van der Waals surface area contributed by atoms with Gasteiger partial charge in [-0.05, 0) is 44.4 Å². The third-order valence-corrected chi connectivity index (χ3v) is 5.74. The number of nitrogens with one attached hydrogen (secondary N) is 1. The maximum Gasteiger partial charge on any atom is 0.407 e. The molecule has 0 bridgehead atoms. The summed E-state index contributed by atoms with van der Waals surface area (Å²) in [5, 5.41) is 3.02. The van der Waals surface area contributed by atoms with E-state index >= 15 is 0 Å². The van der Waals surface area contributed by atoms with Gasteiger partial charge in [-0.25, -0.2) is 4.79 Å². The maximum atomic E-state index is 11.9. The quantitative estimate of drug-likeness (QED) is 0.751. The lowest BCUT2D eigenvalue weighted by Gasteiger charge is -2.35. The van der Waals surface area contributed by atoms with E-state index in [0.717, 1.165) is 12.8 Å². The van der Waals surface area contributed by atoms with Crippen LogP contribution in [-0.2, 0) is 4.74 Å². The van der Waals surface area contributed by atoms with E-state index in [1.54, 1.807) is 5.47 Å². The minimum Gasteiger partial charge on any atom is -0.444 e. The van der Waals surface area contributed by atoms with Crippen LogP contribution in [-0.4, -0.2) is 24.4 Å². The van der Waals surface area contributed by atoms with Crippen molar-refractivity contribution in [2.24, 2.45) is 10.8 Å². The first-order chi connectivity index (χ1) is 9.90. The average molecular weight is 305 g/mol. The first-order valence-electron chi connectivity index (χ1n) is 8.58. The van der Waals surface area contributed by atoms with Crippen LogP contribution < -0.4 is 5.32 Å². The Hall–Kier alpha value is -0.925. The highest BCUT2D eigenvalue weighted by atomic mass is 16.6. The first kappa shape index (κ1) is 17.4. The van der Waals surface area contributed by atoms with Crippen LogP contribution in [0, 0.1) is 10.8 Å². The van der Waals surface area contributed by atoms with Gasteiger partial charge in [0.1, 0.15) is 5.60 Å². The van der Waals surface area contributed by atoms with Crippen molar-refractivity contribution in [3.8, 4) is 0 Å². The Kier molecular flexibility index (Phi) is 4.45. The number of amides is 1. The summed E-state index contributed by atoms with van der Waals surface area (Å²) in [6, 6.07) is 0.205. The molecule has 1 saturated heterocycles. The minimum absolute atomic E-state index is 0.205. The minimum atomic E-state index is -0.432. The van der Waals surface area contributed by atoms with E-state index in [-0.39, 0.29) is 12.1 Å². The number of hydrogen-bond acceptors (Lipinski definition) is 2. The summed E-state index contributed by atoms with van der Waals surface area (Å²) in [6.45, 7) is 15.9. The van der Waals surface area contributed by atoms with Gasteiger partial charge < -0.3 is 10.1 Å². The SMILES string of the molecule is CC(C)(C)OC(=O)NC1CC=C(B2CC(C)(C)C(C)(C)C2)C1. The molecule has 124 valence electrons. The van der Waals surface area contributed by atoms with E-state index in [9.17, 15) is 4.79 Å². The molecule has 1 aliphatic carbocycles. The summed E-state index contributed by atoms with van der Waals surface area (Å²) in [7, 11) is 0. The topological polar surface area (TPSA) is 38.3 Å². The van der Waals surface area contributed by atoms with Crippen molar-refractivity contribution >= 4 is 12.8 Å². The van der Waals surface area contributed by atoms with E-state index in [4.69, 9.17) is 4.74 Å². The van der Waals surface area contributed by atoms with Gasteiger partial charge in [0.25, 0.3) is 0 Å².